The number of carbonyl (C=O) groups is 1. The maximum Gasteiger partial charge on any atom is 0.312 e. The fourth-order valence-corrected chi connectivity index (χ4v) is 5.21. The van der Waals surface area contributed by atoms with E-state index in [4.69, 9.17) is 9.92 Å². The van der Waals surface area contributed by atoms with Gasteiger partial charge < -0.3 is 9.92 Å². The number of aliphatic imine (C=N–C) groups is 1. The number of aromatic nitrogens is 1. The second-order valence-corrected chi connectivity index (χ2v) is 10.1. The topological polar surface area (TPSA) is 115 Å². The van der Waals surface area contributed by atoms with E-state index in [2.05, 4.69) is 9.98 Å². The summed E-state index contributed by atoms with van der Waals surface area (Å²) in [6, 6.07) is 16.2. The van der Waals surface area contributed by atoms with Gasteiger partial charge in [0.25, 0.3) is 5.91 Å². The largest absolute Gasteiger partial charge is 0.382 e. The van der Waals surface area contributed by atoms with E-state index in [1.54, 1.807) is 36.4 Å². The Morgan fingerprint density at radius 1 is 1.06 bits per heavy atom. The SMILES string of the molecule is CN1C(=O)C(c2cccc(OS(=O)(=O)C3CC3)c2)(c2cccc(-c3ccc(F)nc3)c2)N=C1N. The van der Waals surface area contributed by atoms with E-state index in [0.29, 0.717) is 35.1 Å². The van der Waals surface area contributed by atoms with Crippen molar-refractivity contribution < 1.29 is 21.8 Å². The predicted octanol–water partition coefficient (Wildman–Crippen LogP) is 2.79. The Morgan fingerprint density at radius 2 is 1.76 bits per heavy atom. The fourth-order valence-electron chi connectivity index (χ4n) is 3.99. The first-order chi connectivity index (χ1) is 16.2. The Labute approximate surface area is 196 Å². The number of nitrogens with zero attached hydrogens (tertiary/aromatic N) is 3. The predicted molar refractivity (Wildman–Crippen MR) is 124 cm³/mol. The van der Waals surface area contributed by atoms with Gasteiger partial charge in [-0.3, -0.25) is 9.69 Å². The maximum absolute atomic E-state index is 13.6. The van der Waals surface area contributed by atoms with Crippen LogP contribution in [0.25, 0.3) is 11.1 Å². The van der Waals surface area contributed by atoms with E-state index in [1.165, 1.54) is 36.3 Å². The van der Waals surface area contributed by atoms with Crippen LogP contribution in [0.2, 0.25) is 0 Å². The molecule has 2 aromatic carbocycles. The van der Waals surface area contributed by atoms with Gasteiger partial charge in [0.15, 0.2) is 11.5 Å². The van der Waals surface area contributed by atoms with Gasteiger partial charge in [-0.15, -0.1) is 0 Å². The first kappa shape index (κ1) is 22.0. The smallest absolute Gasteiger partial charge is 0.312 e. The summed E-state index contributed by atoms with van der Waals surface area (Å²) < 4.78 is 43.4. The molecule has 1 atom stereocenters. The molecule has 1 aromatic heterocycles. The molecule has 1 amide bonds. The molecule has 8 nitrogen and oxygen atoms in total. The van der Waals surface area contributed by atoms with Gasteiger partial charge in [0.05, 0.1) is 5.25 Å². The minimum atomic E-state index is -3.74. The minimum absolute atomic E-state index is 0.0239. The third-order valence-corrected chi connectivity index (χ3v) is 7.69. The lowest BCUT2D eigenvalue weighted by atomic mass is 9.81. The lowest BCUT2D eigenvalue weighted by Gasteiger charge is -2.27. The number of halogens is 1. The molecule has 34 heavy (non-hydrogen) atoms. The number of nitrogens with two attached hydrogens (primary N) is 1. The lowest BCUT2D eigenvalue weighted by Crippen LogP contribution is -2.41. The Morgan fingerprint density at radius 3 is 2.38 bits per heavy atom. The molecule has 1 fully saturated rings. The van der Waals surface area contributed by atoms with E-state index in [9.17, 15) is 17.6 Å². The third kappa shape index (κ3) is 3.69. The summed E-state index contributed by atoms with van der Waals surface area (Å²) in [5, 5.41) is -0.501. The quantitative estimate of drug-likeness (QED) is 0.429. The standard InChI is InChI=1S/C24H21FN4O4S/c1-29-22(30)24(28-23(29)26,17-5-2-4-15(12-17)16-8-11-21(25)27-14-16)18-6-3-7-19(13-18)33-34(31,32)20-9-10-20/h2-8,11-14,20H,9-10H2,1H3,(H2,26,28). The molecule has 0 bridgehead atoms. The maximum atomic E-state index is 13.6. The number of likely N-dealkylation sites (N-methyl/N-ethyl adjacent to an activating group) is 1. The van der Waals surface area contributed by atoms with Crippen LogP contribution in [0.5, 0.6) is 5.75 Å². The minimum Gasteiger partial charge on any atom is -0.382 e. The summed E-state index contributed by atoms with van der Waals surface area (Å²) in [5.41, 5.74) is 6.76. The fraction of sp³-hybridized carbons (Fsp3) is 0.208. The molecule has 0 spiro atoms. The van der Waals surface area contributed by atoms with Crippen molar-refractivity contribution in [1.29, 1.82) is 0 Å². The summed E-state index contributed by atoms with van der Waals surface area (Å²) in [7, 11) is -2.22. The molecular formula is C24H21FN4O4S. The van der Waals surface area contributed by atoms with E-state index in [1.807, 2.05) is 6.07 Å². The number of rotatable bonds is 6. The number of hydrogen-bond donors (Lipinski definition) is 1. The van der Waals surface area contributed by atoms with Crippen LogP contribution in [0.1, 0.15) is 24.0 Å². The molecule has 1 aliphatic heterocycles. The second kappa shape index (κ2) is 7.91. The van der Waals surface area contributed by atoms with Crippen LogP contribution in [0.4, 0.5) is 4.39 Å². The van der Waals surface area contributed by atoms with Gasteiger partial charge in [-0.05, 0) is 59.9 Å². The van der Waals surface area contributed by atoms with Gasteiger partial charge >= 0.3 is 10.1 Å². The highest BCUT2D eigenvalue weighted by Crippen LogP contribution is 2.42. The van der Waals surface area contributed by atoms with Crippen molar-refractivity contribution in [2.75, 3.05) is 7.05 Å². The Hall–Kier alpha value is -3.79. The zero-order valence-electron chi connectivity index (χ0n) is 18.2. The first-order valence-electron chi connectivity index (χ1n) is 10.6. The highest BCUT2D eigenvalue weighted by atomic mass is 32.2. The van der Waals surface area contributed by atoms with Crippen molar-refractivity contribution in [2.24, 2.45) is 10.7 Å². The van der Waals surface area contributed by atoms with Crippen molar-refractivity contribution in [1.82, 2.24) is 9.88 Å². The van der Waals surface area contributed by atoms with Gasteiger partial charge in [0.2, 0.25) is 5.95 Å². The number of guanidine groups is 1. The van der Waals surface area contributed by atoms with Crippen LogP contribution < -0.4 is 9.92 Å². The normalized spacial score (nSPS) is 20.4. The summed E-state index contributed by atoms with van der Waals surface area (Å²) >= 11 is 0. The molecule has 10 heteroatoms. The van der Waals surface area contributed by atoms with E-state index < -0.39 is 32.8 Å². The number of carbonyl (C=O) groups excluding carboxylic acids is 1. The van der Waals surface area contributed by atoms with Crippen LogP contribution >= 0.6 is 0 Å². The second-order valence-electron chi connectivity index (χ2n) is 8.30. The van der Waals surface area contributed by atoms with E-state index in [0.717, 1.165) is 0 Å². The Bertz CT molecular complexity index is 1420. The summed E-state index contributed by atoms with van der Waals surface area (Å²) in [5.74, 6) is -0.879. The molecule has 2 aliphatic rings. The zero-order valence-corrected chi connectivity index (χ0v) is 19.0. The molecule has 174 valence electrons. The van der Waals surface area contributed by atoms with Crippen molar-refractivity contribution in [3.8, 4) is 16.9 Å². The molecular weight excluding hydrogens is 459 g/mol. The van der Waals surface area contributed by atoms with E-state index >= 15 is 0 Å². The Balaban J connectivity index is 1.64. The molecule has 5 rings (SSSR count). The van der Waals surface area contributed by atoms with Crippen molar-refractivity contribution in [3.05, 3.63) is 83.9 Å². The number of benzene rings is 2. The molecule has 0 radical (unpaired) electrons. The first-order valence-corrected chi connectivity index (χ1v) is 12.1. The monoisotopic (exact) mass is 480 g/mol. The molecule has 3 aromatic rings. The van der Waals surface area contributed by atoms with Crippen LogP contribution in [-0.2, 0) is 20.5 Å². The molecule has 1 aliphatic carbocycles. The molecule has 1 saturated carbocycles. The average Bonchev–Trinajstić information content (AvgIpc) is 3.65. The molecule has 0 saturated heterocycles. The van der Waals surface area contributed by atoms with Crippen LogP contribution in [0.3, 0.4) is 0 Å². The van der Waals surface area contributed by atoms with Gasteiger partial charge in [0.1, 0.15) is 5.75 Å². The van der Waals surface area contributed by atoms with Crippen molar-refractivity contribution in [3.63, 3.8) is 0 Å². The zero-order chi connectivity index (χ0) is 24.1. The summed E-state index contributed by atoms with van der Waals surface area (Å²) in [6.45, 7) is 0. The van der Waals surface area contributed by atoms with Crippen molar-refractivity contribution in [2.45, 2.75) is 23.6 Å². The van der Waals surface area contributed by atoms with Gasteiger partial charge in [-0.25, -0.2) is 9.98 Å². The number of pyridine rings is 1. The molecule has 2 N–H and O–H groups in total. The lowest BCUT2D eigenvalue weighted by molar-refractivity contribution is -0.129. The molecule has 2 heterocycles. The van der Waals surface area contributed by atoms with Gasteiger partial charge in [-0.1, -0.05) is 30.3 Å². The van der Waals surface area contributed by atoms with Crippen LogP contribution in [0, 0.1) is 5.95 Å². The highest BCUT2D eigenvalue weighted by molar-refractivity contribution is 7.88. The van der Waals surface area contributed by atoms with Crippen LogP contribution in [0.15, 0.2) is 71.9 Å². The highest BCUT2D eigenvalue weighted by Gasteiger charge is 2.50. The average molecular weight is 481 g/mol. The van der Waals surface area contributed by atoms with E-state index in [-0.39, 0.29) is 11.7 Å². The van der Waals surface area contributed by atoms with Gasteiger partial charge in [-0.2, -0.15) is 12.8 Å². The summed E-state index contributed by atoms with van der Waals surface area (Å²) in [4.78, 5) is 23.1. The third-order valence-electron chi connectivity index (χ3n) is 5.98. The summed E-state index contributed by atoms with van der Waals surface area (Å²) in [6.07, 6.45) is 2.54. The van der Waals surface area contributed by atoms with Crippen LogP contribution in [-0.4, -0.2) is 42.5 Å². The Kier molecular flexibility index (Phi) is 5.12. The molecule has 1 unspecified atom stereocenters. The number of amides is 1. The van der Waals surface area contributed by atoms with Crippen molar-refractivity contribution >= 4 is 22.0 Å². The number of hydrogen-bond acceptors (Lipinski definition) is 7. The van der Waals surface area contributed by atoms with Gasteiger partial charge in [0, 0.05) is 18.8 Å².